The van der Waals surface area contributed by atoms with Crippen LogP contribution in [0.1, 0.15) is 31.4 Å². The molecule has 3 rings (SSSR count). The molecule has 1 aliphatic rings. The molecule has 0 aliphatic carbocycles. The molecule has 1 amide bonds. The predicted molar refractivity (Wildman–Crippen MR) is 113 cm³/mol. The fraction of sp³-hybridized carbons (Fsp3) is 0.273. The Balaban J connectivity index is 1.94. The van der Waals surface area contributed by atoms with Crippen LogP contribution in [0.2, 0.25) is 0 Å². The molecule has 5 heteroatoms. The lowest BCUT2D eigenvalue weighted by Crippen LogP contribution is -2.36. The number of hydrogen-bond acceptors (Lipinski definition) is 4. The third-order valence-corrected chi connectivity index (χ3v) is 5.52. The van der Waals surface area contributed by atoms with Gasteiger partial charge in [0.2, 0.25) is 0 Å². The van der Waals surface area contributed by atoms with Gasteiger partial charge in [-0.2, -0.15) is 0 Å². The van der Waals surface area contributed by atoms with E-state index in [0.717, 1.165) is 28.6 Å². The van der Waals surface area contributed by atoms with Gasteiger partial charge in [-0.25, -0.2) is 4.99 Å². The van der Waals surface area contributed by atoms with Crippen LogP contribution >= 0.6 is 11.8 Å². The van der Waals surface area contributed by atoms with Crippen molar-refractivity contribution in [1.29, 1.82) is 0 Å². The summed E-state index contributed by atoms with van der Waals surface area (Å²) in [7, 11) is 1.64. The number of amidine groups is 1. The van der Waals surface area contributed by atoms with Gasteiger partial charge in [-0.05, 0) is 67.9 Å². The smallest absolute Gasteiger partial charge is 0.266 e. The van der Waals surface area contributed by atoms with E-state index in [0.29, 0.717) is 4.91 Å². The fourth-order valence-corrected chi connectivity index (χ4v) is 3.81. The van der Waals surface area contributed by atoms with Crippen LogP contribution in [0.25, 0.3) is 6.08 Å². The number of methoxy groups -OCH3 is 1. The number of amides is 1. The van der Waals surface area contributed by atoms with Crippen LogP contribution in [0.15, 0.2) is 58.4 Å². The first-order chi connectivity index (χ1) is 13.0. The Bertz CT molecular complexity index is 870. The molecule has 2 aromatic carbocycles. The molecule has 27 heavy (non-hydrogen) atoms. The zero-order chi connectivity index (χ0) is 19.4. The van der Waals surface area contributed by atoms with E-state index in [9.17, 15) is 4.79 Å². The van der Waals surface area contributed by atoms with Gasteiger partial charge in [0.1, 0.15) is 5.75 Å². The molecular weight excluding hydrogens is 356 g/mol. The number of aryl methyl sites for hydroxylation is 1. The summed E-state index contributed by atoms with van der Waals surface area (Å²) in [6.07, 6.45) is 2.79. The summed E-state index contributed by atoms with van der Waals surface area (Å²) in [6.45, 7) is 6.18. The lowest BCUT2D eigenvalue weighted by Gasteiger charge is -2.22. The van der Waals surface area contributed by atoms with Gasteiger partial charge >= 0.3 is 0 Å². The highest BCUT2D eigenvalue weighted by molar-refractivity contribution is 8.18. The maximum Gasteiger partial charge on any atom is 0.266 e. The van der Waals surface area contributed by atoms with Gasteiger partial charge in [0.15, 0.2) is 5.17 Å². The first-order valence-corrected chi connectivity index (χ1v) is 9.86. The summed E-state index contributed by atoms with van der Waals surface area (Å²) in [4.78, 5) is 20.3. The average molecular weight is 381 g/mol. The highest BCUT2D eigenvalue weighted by atomic mass is 32.2. The Morgan fingerprint density at radius 3 is 2.41 bits per heavy atom. The maximum atomic E-state index is 13.0. The van der Waals surface area contributed by atoms with Crippen LogP contribution < -0.4 is 4.74 Å². The second kappa shape index (κ2) is 8.44. The maximum absolute atomic E-state index is 13.0. The van der Waals surface area contributed by atoms with Gasteiger partial charge in [0.25, 0.3) is 5.91 Å². The SMILES string of the molecule is CC[C@H](C)N1C(=O)/C(=C\c2ccc(OC)cc2)SC1=Nc1ccc(C)cc1. The minimum absolute atomic E-state index is 0.0102. The number of ether oxygens (including phenoxy) is 1. The summed E-state index contributed by atoms with van der Waals surface area (Å²) < 4.78 is 5.19. The number of rotatable bonds is 5. The molecule has 0 unspecified atom stereocenters. The van der Waals surface area contributed by atoms with Crippen LogP contribution in [-0.4, -0.2) is 29.1 Å². The number of aliphatic imine (C=N–C) groups is 1. The molecule has 0 spiro atoms. The zero-order valence-corrected chi connectivity index (χ0v) is 16.9. The Morgan fingerprint density at radius 2 is 1.81 bits per heavy atom. The average Bonchev–Trinajstić information content (AvgIpc) is 2.98. The molecule has 1 fully saturated rings. The standard InChI is InChI=1S/C22H24N2O2S/c1-5-16(3)24-21(25)20(14-17-8-12-19(26-4)13-9-17)27-22(24)23-18-10-6-15(2)7-11-18/h6-14,16H,5H2,1-4H3/b20-14+,23-22?/t16-/m0/s1. The minimum Gasteiger partial charge on any atom is -0.497 e. The molecule has 2 aromatic rings. The lowest BCUT2D eigenvalue weighted by molar-refractivity contribution is -0.123. The summed E-state index contributed by atoms with van der Waals surface area (Å²) in [5.41, 5.74) is 3.01. The number of benzene rings is 2. The fourth-order valence-electron chi connectivity index (χ4n) is 2.72. The Morgan fingerprint density at radius 1 is 1.15 bits per heavy atom. The van der Waals surface area contributed by atoms with E-state index >= 15 is 0 Å². The Hall–Kier alpha value is -2.53. The van der Waals surface area contributed by atoms with Crippen molar-refractivity contribution < 1.29 is 9.53 Å². The van der Waals surface area contributed by atoms with E-state index < -0.39 is 0 Å². The number of carbonyl (C=O) groups excluding carboxylic acids is 1. The molecule has 1 heterocycles. The minimum atomic E-state index is 0.0102. The van der Waals surface area contributed by atoms with Gasteiger partial charge in [-0.15, -0.1) is 0 Å². The first kappa shape index (κ1) is 19.2. The second-order valence-electron chi connectivity index (χ2n) is 6.55. The largest absolute Gasteiger partial charge is 0.497 e. The van der Waals surface area contributed by atoms with Crippen molar-refractivity contribution >= 4 is 34.6 Å². The van der Waals surface area contributed by atoms with Crippen LogP contribution in [0.5, 0.6) is 5.75 Å². The van der Waals surface area contributed by atoms with Crippen LogP contribution in [0.3, 0.4) is 0 Å². The Kier molecular flexibility index (Phi) is 6.01. The van der Waals surface area contributed by atoms with E-state index in [2.05, 4.69) is 13.8 Å². The molecule has 140 valence electrons. The number of nitrogens with zero attached hydrogens (tertiary/aromatic N) is 2. The van der Waals surface area contributed by atoms with E-state index in [1.807, 2.05) is 61.5 Å². The summed E-state index contributed by atoms with van der Waals surface area (Å²) in [6, 6.07) is 15.8. The molecule has 0 aromatic heterocycles. The number of hydrogen-bond donors (Lipinski definition) is 0. The molecule has 1 aliphatic heterocycles. The van der Waals surface area contributed by atoms with Crippen LogP contribution in [0.4, 0.5) is 5.69 Å². The molecule has 1 atom stereocenters. The second-order valence-corrected chi connectivity index (χ2v) is 7.56. The topological polar surface area (TPSA) is 41.9 Å². The molecule has 4 nitrogen and oxygen atoms in total. The number of carbonyl (C=O) groups is 1. The van der Waals surface area contributed by atoms with Crippen LogP contribution in [0, 0.1) is 6.92 Å². The molecule has 0 saturated carbocycles. The van der Waals surface area contributed by atoms with Crippen molar-refractivity contribution in [2.45, 2.75) is 33.2 Å². The zero-order valence-electron chi connectivity index (χ0n) is 16.1. The van der Waals surface area contributed by atoms with E-state index in [4.69, 9.17) is 9.73 Å². The first-order valence-electron chi connectivity index (χ1n) is 9.04. The van der Waals surface area contributed by atoms with Crippen molar-refractivity contribution in [2.24, 2.45) is 4.99 Å². The normalized spacial score (nSPS) is 18.4. The van der Waals surface area contributed by atoms with Crippen molar-refractivity contribution in [3.8, 4) is 5.75 Å². The molecular formula is C22H24N2O2S. The van der Waals surface area contributed by atoms with Crippen molar-refractivity contribution in [2.75, 3.05) is 7.11 Å². The highest BCUT2D eigenvalue weighted by Crippen LogP contribution is 2.36. The van der Waals surface area contributed by atoms with E-state index in [1.54, 1.807) is 12.0 Å². The predicted octanol–water partition coefficient (Wildman–Crippen LogP) is 5.41. The monoisotopic (exact) mass is 380 g/mol. The summed E-state index contributed by atoms with van der Waals surface area (Å²) >= 11 is 1.43. The summed E-state index contributed by atoms with van der Waals surface area (Å²) in [5, 5.41) is 0.734. The van der Waals surface area contributed by atoms with Gasteiger partial charge in [-0.3, -0.25) is 9.69 Å². The Labute approximate surface area is 164 Å². The number of thioether (sulfide) groups is 1. The lowest BCUT2D eigenvalue weighted by atomic mass is 10.2. The van der Waals surface area contributed by atoms with E-state index in [-0.39, 0.29) is 11.9 Å². The van der Waals surface area contributed by atoms with Gasteiger partial charge < -0.3 is 4.74 Å². The van der Waals surface area contributed by atoms with Crippen molar-refractivity contribution in [1.82, 2.24) is 4.90 Å². The summed E-state index contributed by atoms with van der Waals surface area (Å²) in [5.74, 6) is 0.807. The van der Waals surface area contributed by atoms with Gasteiger partial charge in [0, 0.05) is 6.04 Å². The highest BCUT2D eigenvalue weighted by Gasteiger charge is 2.36. The molecule has 0 bridgehead atoms. The van der Waals surface area contributed by atoms with Crippen molar-refractivity contribution in [3.05, 3.63) is 64.6 Å². The molecule has 0 radical (unpaired) electrons. The van der Waals surface area contributed by atoms with Gasteiger partial charge in [-0.1, -0.05) is 36.8 Å². The third-order valence-electron chi connectivity index (χ3n) is 4.54. The molecule has 0 N–H and O–H groups in total. The van der Waals surface area contributed by atoms with Crippen molar-refractivity contribution in [3.63, 3.8) is 0 Å². The molecule has 1 saturated heterocycles. The van der Waals surface area contributed by atoms with Crippen LogP contribution in [-0.2, 0) is 4.79 Å². The van der Waals surface area contributed by atoms with Gasteiger partial charge in [0.05, 0.1) is 17.7 Å². The van der Waals surface area contributed by atoms with E-state index in [1.165, 1.54) is 17.3 Å². The quantitative estimate of drug-likeness (QED) is 0.652. The third kappa shape index (κ3) is 4.42.